The number of benzene rings is 1. The van der Waals surface area contributed by atoms with Crippen LogP contribution in [-0.2, 0) is 0 Å². The Labute approximate surface area is 117 Å². The molecule has 0 bridgehead atoms. The van der Waals surface area contributed by atoms with Crippen molar-refractivity contribution < 1.29 is 4.74 Å². The number of hydrogen-bond acceptors (Lipinski definition) is 2. The lowest BCUT2D eigenvalue weighted by Gasteiger charge is -2.19. The maximum absolute atomic E-state index is 5.97. The molecule has 1 unspecified atom stereocenters. The normalized spacial score (nSPS) is 12.5. The summed E-state index contributed by atoms with van der Waals surface area (Å²) in [7, 11) is 0. The standard InChI is InChI=1S/C13H19BrClNO/c1-3-5-11(9-16-4-2)17-13-7-6-10(15)8-12(13)14/h6-8,11,16H,3-5,9H2,1-2H3. The number of rotatable bonds is 7. The minimum Gasteiger partial charge on any atom is -0.488 e. The fourth-order valence-electron chi connectivity index (χ4n) is 1.58. The van der Waals surface area contributed by atoms with E-state index in [0.717, 1.165) is 36.2 Å². The molecular formula is C13H19BrClNO. The van der Waals surface area contributed by atoms with Crippen molar-refractivity contribution in [1.82, 2.24) is 5.32 Å². The first-order chi connectivity index (χ1) is 8.17. The van der Waals surface area contributed by atoms with Crippen LogP contribution in [0.25, 0.3) is 0 Å². The van der Waals surface area contributed by atoms with Gasteiger partial charge in [0.15, 0.2) is 0 Å². The monoisotopic (exact) mass is 319 g/mol. The molecule has 4 heteroatoms. The molecule has 0 spiro atoms. The summed E-state index contributed by atoms with van der Waals surface area (Å²) in [6.45, 7) is 6.10. The highest BCUT2D eigenvalue weighted by atomic mass is 79.9. The summed E-state index contributed by atoms with van der Waals surface area (Å²) in [6, 6.07) is 5.60. The van der Waals surface area contributed by atoms with Gasteiger partial charge in [-0.05, 0) is 47.1 Å². The first-order valence-corrected chi connectivity index (χ1v) is 7.16. The van der Waals surface area contributed by atoms with Crippen molar-refractivity contribution in [3.63, 3.8) is 0 Å². The smallest absolute Gasteiger partial charge is 0.134 e. The van der Waals surface area contributed by atoms with Crippen molar-refractivity contribution >= 4 is 27.5 Å². The van der Waals surface area contributed by atoms with Crippen molar-refractivity contribution in [2.24, 2.45) is 0 Å². The molecule has 0 radical (unpaired) electrons. The molecule has 96 valence electrons. The van der Waals surface area contributed by atoms with Crippen molar-refractivity contribution in [2.75, 3.05) is 13.1 Å². The third kappa shape index (κ3) is 5.28. The Hall–Kier alpha value is -0.250. The van der Waals surface area contributed by atoms with Gasteiger partial charge in [0.05, 0.1) is 4.47 Å². The number of halogens is 2. The fraction of sp³-hybridized carbons (Fsp3) is 0.538. The first-order valence-electron chi connectivity index (χ1n) is 5.99. The molecule has 0 aromatic heterocycles. The van der Waals surface area contributed by atoms with E-state index in [2.05, 4.69) is 35.1 Å². The van der Waals surface area contributed by atoms with E-state index in [9.17, 15) is 0 Å². The summed E-state index contributed by atoms with van der Waals surface area (Å²) in [5.74, 6) is 0.853. The molecule has 17 heavy (non-hydrogen) atoms. The van der Waals surface area contributed by atoms with Crippen LogP contribution in [0, 0.1) is 0 Å². The summed E-state index contributed by atoms with van der Waals surface area (Å²) in [4.78, 5) is 0. The van der Waals surface area contributed by atoms with Crippen LogP contribution in [0.4, 0.5) is 0 Å². The number of nitrogens with one attached hydrogen (secondary N) is 1. The molecule has 0 amide bonds. The van der Waals surface area contributed by atoms with Crippen LogP contribution in [0.15, 0.2) is 22.7 Å². The zero-order valence-electron chi connectivity index (χ0n) is 10.3. The Balaban J connectivity index is 2.64. The lowest BCUT2D eigenvalue weighted by molar-refractivity contribution is 0.186. The summed E-state index contributed by atoms with van der Waals surface area (Å²) in [6.07, 6.45) is 2.36. The van der Waals surface area contributed by atoms with Crippen molar-refractivity contribution in [2.45, 2.75) is 32.8 Å². The highest BCUT2D eigenvalue weighted by molar-refractivity contribution is 9.10. The molecule has 0 heterocycles. The Kier molecular flexibility index (Phi) is 6.93. The summed E-state index contributed by atoms with van der Waals surface area (Å²) in [5, 5.41) is 4.03. The fourth-order valence-corrected chi connectivity index (χ4v) is 2.36. The van der Waals surface area contributed by atoms with E-state index in [-0.39, 0.29) is 6.10 Å². The molecule has 1 aromatic carbocycles. The quantitative estimate of drug-likeness (QED) is 0.810. The van der Waals surface area contributed by atoms with E-state index in [1.165, 1.54) is 0 Å². The second-order valence-corrected chi connectivity index (χ2v) is 5.20. The van der Waals surface area contributed by atoms with E-state index < -0.39 is 0 Å². The zero-order chi connectivity index (χ0) is 12.7. The molecule has 2 nitrogen and oxygen atoms in total. The van der Waals surface area contributed by atoms with Gasteiger partial charge in [0, 0.05) is 11.6 Å². The van der Waals surface area contributed by atoms with Crippen LogP contribution < -0.4 is 10.1 Å². The van der Waals surface area contributed by atoms with Gasteiger partial charge in [-0.1, -0.05) is 31.9 Å². The average molecular weight is 321 g/mol. The molecule has 1 rings (SSSR count). The van der Waals surface area contributed by atoms with E-state index in [1.54, 1.807) is 0 Å². The number of hydrogen-bond donors (Lipinski definition) is 1. The molecule has 1 N–H and O–H groups in total. The molecular weight excluding hydrogens is 302 g/mol. The Bertz CT molecular complexity index is 346. The summed E-state index contributed by atoms with van der Waals surface area (Å²) < 4.78 is 6.88. The van der Waals surface area contributed by atoms with E-state index in [1.807, 2.05) is 18.2 Å². The topological polar surface area (TPSA) is 21.3 Å². The van der Waals surface area contributed by atoms with Gasteiger partial charge >= 0.3 is 0 Å². The molecule has 0 aliphatic heterocycles. The second kappa shape index (κ2) is 7.96. The van der Waals surface area contributed by atoms with Crippen LogP contribution in [0.5, 0.6) is 5.75 Å². The SMILES string of the molecule is CCCC(CNCC)Oc1ccc(Cl)cc1Br. The lowest BCUT2D eigenvalue weighted by atomic mass is 10.2. The van der Waals surface area contributed by atoms with Gasteiger partial charge in [-0.3, -0.25) is 0 Å². The molecule has 0 fully saturated rings. The van der Waals surface area contributed by atoms with Gasteiger partial charge in [0.1, 0.15) is 11.9 Å². The van der Waals surface area contributed by atoms with Gasteiger partial charge in [0.25, 0.3) is 0 Å². The summed E-state index contributed by atoms with van der Waals surface area (Å²) >= 11 is 9.37. The van der Waals surface area contributed by atoms with E-state index in [4.69, 9.17) is 16.3 Å². The average Bonchev–Trinajstić information content (AvgIpc) is 2.29. The Morgan fingerprint density at radius 1 is 1.41 bits per heavy atom. The number of likely N-dealkylation sites (N-methyl/N-ethyl adjacent to an activating group) is 1. The zero-order valence-corrected chi connectivity index (χ0v) is 12.6. The van der Waals surface area contributed by atoms with Gasteiger partial charge in [-0.15, -0.1) is 0 Å². The third-order valence-electron chi connectivity index (χ3n) is 2.42. The largest absolute Gasteiger partial charge is 0.488 e. The van der Waals surface area contributed by atoms with Crippen molar-refractivity contribution in [3.8, 4) is 5.75 Å². The lowest BCUT2D eigenvalue weighted by Crippen LogP contribution is -2.31. The minimum atomic E-state index is 0.206. The second-order valence-electron chi connectivity index (χ2n) is 3.91. The van der Waals surface area contributed by atoms with Crippen LogP contribution in [0.1, 0.15) is 26.7 Å². The van der Waals surface area contributed by atoms with Gasteiger partial charge in [-0.25, -0.2) is 0 Å². The molecule has 1 aromatic rings. The molecule has 0 saturated carbocycles. The Morgan fingerprint density at radius 3 is 2.76 bits per heavy atom. The molecule has 0 aliphatic rings. The van der Waals surface area contributed by atoms with Crippen LogP contribution in [0.3, 0.4) is 0 Å². The van der Waals surface area contributed by atoms with Crippen LogP contribution in [0.2, 0.25) is 5.02 Å². The summed E-state index contributed by atoms with van der Waals surface area (Å²) in [5.41, 5.74) is 0. The van der Waals surface area contributed by atoms with Gasteiger partial charge in [-0.2, -0.15) is 0 Å². The van der Waals surface area contributed by atoms with Crippen molar-refractivity contribution in [3.05, 3.63) is 27.7 Å². The predicted octanol–water partition coefficient (Wildman–Crippen LogP) is 4.26. The first kappa shape index (κ1) is 14.8. The molecule has 0 aliphatic carbocycles. The molecule has 0 saturated heterocycles. The highest BCUT2D eigenvalue weighted by Crippen LogP contribution is 2.29. The molecule has 1 atom stereocenters. The third-order valence-corrected chi connectivity index (χ3v) is 3.28. The van der Waals surface area contributed by atoms with E-state index >= 15 is 0 Å². The van der Waals surface area contributed by atoms with Crippen molar-refractivity contribution in [1.29, 1.82) is 0 Å². The Morgan fingerprint density at radius 2 is 2.18 bits per heavy atom. The maximum Gasteiger partial charge on any atom is 0.134 e. The number of ether oxygens (including phenoxy) is 1. The highest BCUT2D eigenvalue weighted by Gasteiger charge is 2.11. The minimum absolute atomic E-state index is 0.206. The van der Waals surface area contributed by atoms with Crippen LogP contribution >= 0.6 is 27.5 Å². The maximum atomic E-state index is 5.97. The predicted molar refractivity (Wildman–Crippen MR) is 77.0 cm³/mol. The van der Waals surface area contributed by atoms with E-state index in [0.29, 0.717) is 5.02 Å². The van der Waals surface area contributed by atoms with Crippen LogP contribution in [-0.4, -0.2) is 19.2 Å². The van der Waals surface area contributed by atoms with Gasteiger partial charge < -0.3 is 10.1 Å². The van der Waals surface area contributed by atoms with Gasteiger partial charge in [0.2, 0.25) is 0 Å².